The van der Waals surface area contributed by atoms with Gasteiger partial charge in [0.1, 0.15) is 11.4 Å². The van der Waals surface area contributed by atoms with Gasteiger partial charge in [0, 0.05) is 26.6 Å². The van der Waals surface area contributed by atoms with Crippen molar-refractivity contribution in [3.8, 4) is 0 Å². The number of aromatic amines is 1. The minimum Gasteiger partial charge on any atom is -0.370 e. The zero-order valence-corrected chi connectivity index (χ0v) is 10.7. The maximum absolute atomic E-state index is 12.1. The molecule has 98 valence electrons. The maximum atomic E-state index is 12.1. The molecule has 2 aliphatic rings. The largest absolute Gasteiger partial charge is 0.370 e. The first kappa shape index (κ1) is 11.9. The van der Waals surface area contributed by atoms with E-state index in [1.54, 1.807) is 7.11 Å². The second-order valence-corrected chi connectivity index (χ2v) is 5.17. The highest BCUT2D eigenvalue weighted by atomic mass is 16.5. The van der Waals surface area contributed by atoms with Crippen LogP contribution >= 0.6 is 0 Å². The Balaban J connectivity index is 2.07. The van der Waals surface area contributed by atoms with Crippen molar-refractivity contribution in [3.05, 3.63) is 27.4 Å². The van der Waals surface area contributed by atoms with E-state index in [4.69, 9.17) is 4.74 Å². The Bertz CT molecular complexity index is 503. The summed E-state index contributed by atoms with van der Waals surface area (Å²) in [6, 6.07) is 0. The van der Waals surface area contributed by atoms with Crippen LogP contribution in [0, 0.1) is 0 Å². The second-order valence-electron chi connectivity index (χ2n) is 5.17. The summed E-state index contributed by atoms with van der Waals surface area (Å²) in [5.74, 6) is 0.730. The molecule has 0 amide bonds. The summed E-state index contributed by atoms with van der Waals surface area (Å²) in [6.07, 6.45) is 4.99. The van der Waals surface area contributed by atoms with E-state index in [1.807, 2.05) is 0 Å². The molecular weight excluding hydrogens is 230 g/mol. The number of nitrogens with one attached hydrogen (secondary N) is 2. The van der Waals surface area contributed by atoms with Gasteiger partial charge in [-0.25, -0.2) is 4.98 Å². The Labute approximate surface area is 106 Å². The van der Waals surface area contributed by atoms with Crippen molar-refractivity contribution in [2.75, 3.05) is 13.7 Å². The summed E-state index contributed by atoms with van der Waals surface area (Å²) in [7, 11) is 1.71. The standard InChI is InChI=1S/C13H19N3O2/c1-18-13(5-2-3-6-13)12-15-10-4-7-14-8-9(10)11(17)16-12/h14H,2-8H2,1H3,(H,15,16,17). The van der Waals surface area contributed by atoms with Crippen molar-refractivity contribution in [1.29, 1.82) is 0 Å². The molecule has 2 N–H and O–H groups in total. The summed E-state index contributed by atoms with van der Waals surface area (Å²) in [6.45, 7) is 1.51. The molecule has 3 rings (SSSR count). The molecule has 1 aliphatic carbocycles. The normalized spacial score (nSPS) is 21.8. The maximum Gasteiger partial charge on any atom is 0.255 e. The highest BCUT2D eigenvalue weighted by Crippen LogP contribution is 2.39. The van der Waals surface area contributed by atoms with E-state index in [2.05, 4.69) is 15.3 Å². The van der Waals surface area contributed by atoms with E-state index in [0.717, 1.165) is 55.7 Å². The lowest BCUT2D eigenvalue weighted by atomic mass is 10.00. The summed E-state index contributed by atoms with van der Waals surface area (Å²) in [5, 5.41) is 3.20. The number of rotatable bonds is 2. The zero-order chi connectivity index (χ0) is 12.6. The first-order valence-corrected chi connectivity index (χ1v) is 6.64. The average Bonchev–Trinajstić information content (AvgIpc) is 2.89. The molecule has 1 saturated carbocycles. The van der Waals surface area contributed by atoms with Crippen LogP contribution in [0.3, 0.4) is 0 Å². The quantitative estimate of drug-likeness (QED) is 0.814. The molecule has 0 atom stereocenters. The van der Waals surface area contributed by atoms with Gasteiger partial charge in [0.05, 0.1) is 11.3 Å². The van der Waals surface area contributed by atoms with Gasteiger partial charge in [0.2, 0.25) is 0 Å². The molecule has 1 aliphatic heterocycles. The highest BCUT2D eigenvalue weighted by Gasteiger charge is 2.38. The van der Waals surface area contributed by atoms with E-state index < -0.39 is 0 Å². The third-order valence-electron chi connectivity index (χ3n) is 4.18. The number of ether oxygens (including phenoxy) is 1. The Morgan fingerprint density at radius 1 is 1.33 bits per heavy atom. The van der Waals surface area contributed by atoms with Crippen LogP contribution in [-0.4, -0.2) is 23.6 Å². The SMILES string of the molecule is COC1(c2nc3c(c(=O)[nH]2)CNCC3)CCCC1. The van der Waals surface area contributed by atoms with Crippen molar-refractivity contribution in [3.63, 3.8) is 0 Å². The van der Waals surface area contributed by atoms with Gasteiger partial charge in [-0.3, -0.25) is 4.79 Å². The van der Waals surface area contributed by atoms with Gasteiger partial charge in [-0.1, -0.05) is 0 Å². The van der Waals surface area contributed by atoms with Crippen molar-refractivity contribution in [2.45, 2.75) is 44.2 Å². The first-order chi connectivity index (χ1) is 8.75. The lowest BCUT2D eigenvalue weighted by molar-refractivity contribution is -0.0167. The number of methoxy groups -OCH3 is 1. The Morgan fingerprint density at radius 3 is 2.83 bits per heavy atom. The molecule has 0 saturated heterocycles. The van der Waals surface area contributed by atoms with Crippen LogP contribution in [0.4, 0.5) is 0 Å². The minimum absolute atomic E-state index is 0.00877. The van der Waals surface area contributed by atoms with Crippen molar-refractivity contribution in [1.82, 2.24) is 15.3 Å². The molecule has 5 nitrogen and oxygen atoms in total. The number of aromatic nitrogens is 2. The lowest BCUT2D eigenvalue weighted by Gasteiger charge is -2.27. The molecule has 0 bridgehead atoms. The molecule has 0 aromatic carbocycles. The fourth-order valence-electron chi connectivity index (χ4n) is 3.05. The molecule has 0 radical (unpaired) electrons. The van der Waals surface area contributed by atoms with Gasteiger partial charge in [-0.05, 0) is 25.7 Å². The predicted molar refractivity (Wildman–Crippen MR) is 67.4 cm³/mol. The van der Waals surface area contributed by atoms with Gasteiger partial charge in [-0.2, -0.15) is 0 Å². The topological polar surface area (TPSA) is 67.0 Å². The molecular formula is C13H19N3O2. The molecule has 2 heterocycles. The fourth-order valence-corrected chi connectivity index (χ4v) is 3.05. The summed E-state index contributed by atoms with van der Waals surface area (Å²) in [4.78, 5) is 19.7. The average molecular weight is 249 g/mol. The summed E-state index contributed by atoms with van der Waals surface area (Å²) < 4.78 is 5.68. The van der Waals surface area contributed by atoms with E-state index in [-0.39, 0.29) is 11.2 Å². The fraction of sp³-hybridized carbons (Fsp3) is 0.692. The molecule has 5 heteroatoms. The molecule has 1 aromatic heterocycles. The van der Waals surface area contributed by atoms with Crippen molar-refractivity contribution in [2.24, 2.45) is 0 Å². The lowest BCUT2D eigenvalue weighted by Crippen LogP contribution is -2.36. The Morgan fingerprint density at radius 2 is 2.11 bits per heavy atom. The van der Waals surface area contributed by atoms with E-state index in [0.29, 0.717) is 6.54 Å². The predicted octanol–water partition coefficient (Wildman–Crippen LogP) is 0.831. The number of hydrogen-bond donors (Lipinski definition) is 2. The smallest absolute Gasteiger partial charge is 0.255 e. The Hall–Kier alpha value is -1.20. The van der Waals surface area contributed by atoms with Crippen LogP contribution in [0.15, 0.2) is 4.79 Å². The number of hydrogen-bond acceptors (Lipinski definition) is 4. The minimum atomic E-state index is -0.362. The monoisotopic (exact) mass is 249 g/mol. The molecule has 1 fully saturated rings. The van der Waals surface area contributed by atoms with Crippen LogP contribution in [-0.2, 0) is 23.3 Å². The van der Waals surface area contributed by atoms with Crippen LogP contribution < -0.4 is 10.9 Å². The van der Waals surface area contributed by atoms with Gasteiger partial charge in [0.15, 0.2) is 0 Å². The molecule has 0 spiro atoms. The summed E-state index contributed by atoms with van der Waals surface area (Å²) >= 11 is 0. The van der Waals surface area contributed by atoms with Crippen LogP contribution in [0.2, 0.25) is 0 Å². The number of fused-ring (bicyclic) bond motifs is 1. The summed E-state index contributed by atoms with van der Waals surface area (Å²) in [5.41, 5.74) is 1.36. The molecule has 0 unspecified atom stereocenters. The van der Waals surface area contributed by atoms with Gasteiger partial charge in [-0.15, -0.1) is 0 Å². The molecule has 1 aromatic rings. The Kier molecular flexibility index (Phi) is 2.95. The first-order valence-electron chi connectivity index (χ1n) is 6.64. The molecule has 18 heavy (non-hydrogen) atoms. The van der Waals surface area contributed by atoms with E-state index in [1.165, 1.54) is 0 Å². The third-order valence-corrected chi connectivity index (χ3v) is 4.18. The van der Waals surface area contributed by atoms with Crippen LogP contribution in [0.25, 0.3) is 0 Å². The van der Waals surface area contributed by atoms with Gasteiger partial charge in [0.25, 0.3) is 5.56 Å². The van der Waals surface area contributed by atoms with E-state index in [9.17, 15) is 4.79 Å². The second kappa shape index (κ2) is 4.48. The number of nitrogens with zero attached hydrogens (tertiary/aromatic N) is 1. The van der Waals surface area contributed by atoms with Gasteiger partial charge < -0.3 is 15.0 Å². The third kappa shape index (κ3) is 1.78. The van der Waals surface area contributed by atoms with Gasteiger partial charge >= 0.3 is 0 Å². The van der Waals surface area contributed by atoms with E-state index >= 15 is 0 Å². The van der Waals surface area contributed by atoms with Crippen LogP contribution in [0.5, 0.6) is 0 Å². The van der Waals surface area contributed by atoms with Crippen LogP contribution in [0.1, 0.15) is 42.8 Å². The number of H-pyrrole nitrogens is 1. The zero-order valence-electron chi connectivity index (χ0n) is 10.7. The van der Waals surface area contributed by atoms with Crippen molar-refractivity contribution >= 4 is 0 Å². The highest BCUT2D eigenvalue weighted by molar-refractivity contribution is 5.22. The van der Waals surface area contributed by atoms with Crippen molar-refractivity contribution < 1.29 is 4.74 Å².